The van der Waals surface area contributed by atoms with Crippen molar-refractivity contribution in [1.29, 1.82) is 0 Å². The van der Waals surface area contributed by atoms with E-state index in [4.69, 9.17) is 4.74 Å². The second-order valence-electron chi connectivity index (χ2n) is 5.02. The van der Waals surface area contributed by atoms with E-state index in [0.717, 1.165) is 17.7 Å². The third-order valence-corrected chi connectivity index (χ3v) is 3.60. The van der Waals surface area contributed by atoms with E-state index in [9.17, 15) is 9.90 Å². The van der Waals surface area contributed by atoms with Crippen molar-refractivity contribution in [2.75, 3.05) is 13.7 Å². The first kappa shape index (κ1) is 15.5. The van der Waals surface area contributed by atoms with Crippen molar-refractivity contribution >= 4 is 5.97 Å². The molecule has 0 fully saturated rings. The first-order chi connectivity index (χ1) is 8.94. The quantitative estimate of drug-likeness (QED) is 0.795. The zero-order valence-corrected chi connectivity index (χ0v) is 12.1. The van der Waals surface area contributed by atoms with Crippen LogP contribution in [-0.4, -0.2) is 30.3 Å². The molecule has 0 aromatic heterocycles. The fourth-order valence-electron chi connectivity index (χ4n) is 1.70. The Balaban J connectivity index is 2.86. The molecule has 4 heteroatoms. The molecule has 0 radical (unpaired) electrons. The molecule has 0 aliphatic heterocycles. The lowest BCUT2D eigenvalue weighted by Crippen LogP contribution is -2.52. The lowest BCUT2D eigenvalue weighted by atomic mass is 9.97. The maximum absolute atomic E-state index is 11.2. The number of hydrogen-bond acceptors (Lipinski definition) is 3. The third-order valence-electron chi connectivity index (χ3n) is 3.60. The summed E-state index contributed by atoms with van der Waals surface area (Å²) in [6.45, 7) is 5.96. The van der Waals surface area contributed by atoms with E-state index < -0.39 is 11.5 Å². The second kappa shape index (κ2) is 6.57. The van der Waals surface area contributed by atoms with Crippen LogP contribution in [0.5, 0.6) is 5.75 Å². The van der Waals surface area contributed by atoms with E-state index in [0.29, 0.717) is 5.92 Å². The molecule has 0 saturated heterocycles. The Morgan fingerprint density at radius 1 is 1.47 bits per heavy atom. The molecule has 0 amide bonds. The SMILES string of the molecule is CCC(C)c1ccccc1OCC(C)(NC)C(=O)O. The van der Waals surface area contributed by atoms with Gasteiger partial charge in [0.15, 0.2) is 0 Å². The summed E-state index contributed by atoms with van der Waals surface area (Å²) in [5, 5.41) is 12.0. The molecule has 0 spiro atoms. The number of nitrogens with one attached hydrogen (secondary N) is 1. The van der Waals surface area contributed by atoms with Crippen LogP contribution in [0.2, 0.25) is 0 Å². The number of para-hydroxylation sites is 1. The van der Waals surface area contributed by atoms with E-state index >= 15 is 0 Å². The number of ether oxygens (including phenoxy) is 1. The minimum absolute atomic E-state index is 0.0896. The summed E-state index contributed by atoms with van der Waals surface area (Å²) in [5.41, 5.74) is 0.0385. The third kappa shape index (κ3) is 3.70. The van der Waals surface area contributed by atoms with Crippen molar-refractivity contribution in [2.45, 2.75) is 38.6 Å². The summed E-state index contributed by atoms with van der Waals surface area (Å²) < 4.78 is 5.73. The fourth-order valence-corrected chi connectivity index (χ4v) is 1.70. The fraction of sp³-hybridized carbons (Fsp3) is 0.533. The van der Waals surface area contributed by atoms with Gasteiger partial charge in [-0.15, -0.1) is 0 Å². The number of carboxylic acids is 1. The topological polar surface area (TPSA) is 58.6 Å². The summed E-state index contributed by atoms with van der Waals surface area (Å²) in [7, 11) is 1.62. The molecule has 4 nitrogen and oxygen atoms in total. The smallest absolute Gasteiger partial charge is 0.327 e. The minimum atomic E-state index is -1.08. The number of carbonyl (C=O) groups is 1. The number of benzene rings is 1. The van der Waals surface area contributed by atoms with Gasteiger partial charge in [0, 0.05) is 0 Å². The predicted molar refractivity (Wildman–Crippen MR) is 75.7 cm³/mol. The van der Waals surface area contributed by atoms with Crippen LogP contribution in [0, 0.1) is 0 Å². The molecule has 1 rings (SSSR count). The van der Waals surface area contributed by atoms with Gasteiger partial charge >= 0.3 is 5.97 Å². The van der Waals surface area contributed by atoms with E-state index in [1.807, 2.05) is 24.3 Å². The Morgan fingerprint density at radius 3 is 2.63 bits per heavy atom. The van der Waals surface area contributed by atoms with Crippen molar-refractivity contribution < 1.29 is 14.6 Å². The molecule has 0 aliphatic carbocycles. The number of carboxylic acid groups (broad SMARTS) is 1. The summed E-state index contributed by atoms with van der Waals surface area (Å²) in [5.74, 6) is 0.234. The van der Waals surface area contributed by atoms with Crippen LogP contribution in [0.15, 0.2) is 24.3 Å². The van der Waals surface area contributed by atoms with E-state index in [1.54, 1.807) is 14.0 Å². The zero-order valence-electron chi connectivity index (χ0n) is 12.1. The van der Waals surface area contributed by atoms with Crippen LogP contribution >= 0.6 is 0 Å². The highest BCUT2D eigenvalue weighted by Gasteiger charge is 2.32. The van der Waals surface area contributed by atoms with Gasteiger partial charge in [0.05, 0.1) is 0 Å². The molecule has 0 aliphatic rings. The molecule has 0 bridgehead atoms. The number of likely N-dealkylation sites (N-methyl/N-ethyl adjacent to an activating group) is 1. The van der Waals surface area contributed by atoms with Crippen LogP contribution in [0.3, 0.4) is 0 Å². The van der Waals surface area contributed by atoms with Crippen molar-refractivity contribution in [1.82, 2.24) is 5.32 Å². The Bertz CT molecular complexity index is 433. The number of aliphatic carboxylic acids is 1. The van der Waals surface area contributed by atoms with Crippen molar-refractivity contribution in [3.63, 3.8) is 0 Å². The Hall–Kier alpha value is -1.55. The van der Waals surface area contributed by atoms with Gasteiger partial charge in [0.25, 0.3) is 0 Å². The van der Waals surface area contributed by atoms with Crippen LogP contribution in [0.1, 0.15) is 38.7 Å². The summed E-state index contributed by atoms with van der Waals surface area (Å²) in [6, 6.07) is 7.79. The maximum Gasteiger partial charge on any atom is 0.327 e. The molecule has 2 unspecified atom stereocenters. The average molecular weight is 265 g/mol. The summed E-state index contributed by atoms with van der Waals surface area (Å²) in [4.78, 5) is 11.2. The van der Waals surface area contributed by atoms with Crippen molar-refractivity contribution in [2.24, 2.45) is 0 Å². The molecule has 2 N–H and O–H groups in total. The Labute approximate surface area is 114 Å². The van der Waals surface area contributed by atoms with Crippen molar-refractivity contribution in [3.05, 3.63) is 29.8 Å². The normalized spacial score (nSPS) is 15.6. The molecule has 0 heterocycles. The lowest BCUT2D eigenvalue weighted by molar-refractivity contribution is -0.145. The van der Waals surface area contributed by atoms with Gasteiger partial charge in [-0.25, -0.2) is 0 Å². The first-order valence-corrected chi connectivity index (χ1v) is 6.58. The molecule has 19 heavy (non-hydrogen) atoms. The van der Waals surface area contributed by atoms with Crippen LogP contribution in [-0.2, 0) is 4.79 Å². The molecule has 2 atom stereocenters. The van der Waals surface area contributed by atoms with Gasteiger partial charge in [-0.2, -0.15) is 0 Å². The van der Waals surface area contributed by atoms with E-state index in [-0.39, 0.29) is 6.61 Å². The number of rotatable bonds is 7. The highest BCUT2D eigenvalue weighted by Crippen LogP contribution is 2.28. The standard InChI is InChI=1S/C15H23NO3/c1-5-11(2)12-8-6-7-9-13(12)19-10-15(3,16-4)14(17)18/h6-9,11,16H,5,10H2,1-4H3,(H,17,18). The first-order valence-electron chi connectivity index (χ1n) is 6.58. The van der Waals surface area contributed by atoms with Gasteiger partial charge in [0.2, 0.25) is 0 Å². The monoisotopic (exact) mass is 265 g/mol. The zero-order chi connectivity index (χ0) is 14.5. The van der Waals surface area contributed by atoms with E-state index in [2.05, 4.69) is 19.2 Å². The predicted octanol–water partition coefficient (Wildman–Crippen LogP) is 2.64. The van der Waals surface area contributed by atoms with Gasteiger partial charge < -0.3 is 15.2 Å². The average Bonchev–Trinajstić information content (AvgIpc) is 2.44. The molecule has 1 aromatic rings. The lowest BCUT2D eigenvalue weighted by Gasteiger charge is -2.25. The highest BCUT2D eigenvalue weighted by atomic mass is 16.5. The highest BCUT2D eigenvalue weighted by molar-refractivity contribution is 5.78. The molecule has 106 valence electrons. The molecule has 0 saturated carbocycles. The van der Waals surface area contributed by atoms with Crippen molar-refractivity contribution in [3.8, 4) is 5.75 Å². The van der Waals surface area contributed by atoms with E-state index in [1.165, 1.54) is 0 Å². The number of hydrogen-bond donors (Lipinski definition) is 2. The Kier molecular flexibility index (Phi) is 5.36. The van der Waals surface area contributed by atoms with Crippen LogP contribution in [0.25, 0.3) is 0 Å². The minimum Gasteiger partial charge on any atom is -0.491 e. The van der Waals surface area contributed by atoms with Gasteiger partial charge in [0.1, 0.15) is 17.9 Å². The molecular formula is C15H23NO3. The maximum atomic E-state index is 11.2. The molecular weight excluding hydrogens is 242 g/mol. The summed E-state index contributed by atoms with van der Waals surface area (Å²) >= 11 is 0. The van der Waals surface area contributed by atoms with Gasteiger partial charge in [-0.3, -0.25) is 4.79 Å². The molecule has 1 aromatic carbocycles. The van der Waals surface area contributed by atoms with Gasteiger partial charge in [-0.1, -0.05) is 32.0 Å². The largest absolute Gasteiger partial charge is 0.491 e. The van der Waals surface area contributed by atoms with Gasteiger partial charge in [-0.05, 0) is 37.9 Å². The summed E-state index contributed by atoms with van der Waals surface area (Å²) in [6.07, 6.45) is 1.02. The van der Waals surface area contributed by atoms with Crippen LogP contribution < -0.4 is 10.1 Å². The Morgan fingerprint density at radius 2 is 2.11 bits per heavy atom. The van der Waals surface area contributed by atoms with Crippen LogP contribution in [0.4, 0.5) is 0 Å². The second-order valence-corrected chi connectivity index (χ2v) is 5.02.